The van der Waals surface area contributed by atoms with Crippen LogP contribution in [0, 0.1) is 0 Å². The van der Waals surface area contributed by atoms with Crippen LogP contribution in [-0.2, 0) is 6.42 Å². The smallest absolute Gasteiger partial charge is 0.254 e. The van der Waals surface area contributed by atoms with Gasteiger partial charge in [-0.05, 0) is 24.3 Å². The second-order valence-corrected chi connectivity index (χ2v) is 5.31. The Morgan fingerprint density at radius 2 is 1.84 bits per heavy atom. The first-order valence-corrected chi connectivity index (χ1v) is 7.85. The fourth-order valence-electron chi connectivity index (χ4n) is 2.25. The Kier molecular flexibility index (Phi) is 5.16. The topological polar surface area (TPSA) is 106 Å². The number of rotatable bonds is 7. The number of carbonyl (C=O) groups is 1. The number of para-hydroxylation sites is 1. The molecule has 0 aliphatic carbocycles. The minimum atomic E-state index is -0.585. The molecule has 2 heterocycles. The number of nitrogens with two attached hydrogens (primary N) is 1. The van der Waals surface area contributed by atoms with Crippen LogP contribution in [0.1, 0.15) is 16.1 Å². The van der Waals surface area contributed by atoms with E-state index in [0.717, 1.165) is 17.8 Å². The van der Waals surface area contributed by atoms with Crippen LogP contribution in [-0.4, -0.2) is 27.4 Å². The third-order valence-electron chi connectivity index (χ3n) is 3.48. The summed E-state index contributed by atoms with van der Waals surface area (Å²) < 4.78 is 0. The molecule has 1 aromatic carbocycles. The van der Waals surface area contributed by atoms with Crippen LogP contribution in [0.15, 0.2) is 60.9 Å². The van der Waals surface area contributed by atoms with Crippen molar-refractivity contribution in [2.75, 3.05) is 17.2 Å². The fraction of sp³-hybridized carbons (Fsp3) is 0.111. The molecule has 4 N–H and O–H groups in total. The number of primary amides is 1. The molecule has 0 saturated carbocycles. The van der Waals surface area contributed by atoms with Crippen molar-refractivity contribution in [3.63, 3.8) is 0 Å². The molecule has 1 amide bonds. The van der Waals surface area contributed by atoms with Gasteiger partial charge in [0.1, 0.15) is 11.4 Å². The Balaban J connectivity index is 1.72. The molecule has 0 radical (unpaired) electrons. The van der Waals surface area contributed by atoms with E-state index in [1.165, 1.54) is 6.20 Å². The van der Waals surface area contributed by atoms with Gasteiger partial charge in [-0.2, -0.15) is 4.98 Å². The SMILES string of the molecule is NC(=O)c1cnc(NCCc2ccccn2)nc1Nc1ccccc1. The lowest BCUT2D eigenvalue weighted by molar-refractivity contribution is 0.100. The number of hydrogen-bond acceptors (Lipinski definition) is 6. The van der Waals surface area contributed by atoms with E-state index in [9.17, 15) is 4.79 Å². The molecule has 2 aromatic heterocycles. The summed E-state index contributed by atoms with van der Waals surface area (Å²) in [5.41, 5.74) is 7.43. The van der Waals surface area contributed by atoms with Gasteiger partial charge in [0.15, 0.2) is 0 Å². The molecule has 0 spiro atoms. The molecular formula is C18H18N6O. The van der Waals surface area contributed by atoms with Crippen molar-refractivity contribution in [2.24, 2.45) is 5.73 Å². The summed E-state index contributed by atoms with van der Waals surface area (Å²) in [6.45, 7) is 0.623. The number of anilines is 3. The van der Waals surface area contributed by atoms with Crippen molar-refractivity contribution in [3.05, 3.63) is 72.2 Å². The lowest BCUT2D eigenvalue weighted by atomic mass is 10.2. The third kappa shape index (κ3) is 4.51. The number of amides is 1. The molecule has 0 bridgehead atoms. The second kappa shape index (κ2) is 7.87. The second-order valence-electron chi connectivity index (χ2n) is 5.31. The number of carbonyl (C=O) groups excluding carboxylic acids is 1. The van der Waals surface area contributed by atoms with E-state index >= 15 is 0 Å². The van der Waals surface area contributed by atoms with Crippen molar-refractivity contribution in [1.82, 2.24) is 15.0 Å². The summed E-state index contributed by atoms with van der Waals surface area (Å²) in [7, 11) is 0. The van der Waals surface area contributed by atoms with Crippen LogP contribution in [0.3, 0.4) is 0 Å². The average molecular weight is 334 g/mol. The predicted molar refractivity (Wildman–Crippen MR) is 96.7 cm³/mol. The molecular weight excluding hydrogens is 316 g/mol. The summed E-state index contributed by atoms with van der Waals surface area (Å²) in [6, 6.07) is 15.2. The number of pyridine rings is 1. The van der Waals surface area contributed by atoms with E-state index in [-0.39, 0.29) is 5.56 Å². The van der Waals surface area contributed by atoms with Crippen LogP contribution in [0.2, 0.25) is 0 Å². The summed E-state index contributed by atoms with van der Waals surface area (Å²) >= 11 is 0. The largest absolute Gasteiger partial charge is 0.365 e. The fourth-order valence-corrected chi connectivity index (χ4v) is 2.25. The van der Waals surface area contributed by atoms with Gasteiger partial charge in [0, 0.05) is 36.7 Å². The van der Waals surface area contributed by atoms with Crippen molar-refractivity contribution >= 4 is 23.4 Å². The molecule has 0 aliphatic heterocycles. The quantitative estimate of drug-likeness (QED) is 0.612. The molecule has 126 valence electrons. The molecule has 3 aromatic rings. The van der Waals surface area contributed by atoms with E-state index < -0.39 is 5.91 Å². The van der Waals surface area contributed by atoms with Gasteiger partial charge >= 0.3 is 0 Å². The third-order valence-corrected chi connectivity index (χ3v) is 3.48. The van der Waals surface area contributed by atoms with Crippen LogP contribution >= 0.6 is 0 Å². The van der Waals surface area contributed by atoms with Crippen LogP contribution in [0.5, 0.6) is 0 Å². The van der Waals surface area contributed by atoms with E-state index in [4.69, 9.17) is 5.73 Å². The number of benzene rings is 1. The van der Waals surface area contributed by atoms with Crippen molar-refractivity contribution < 1.29 is 4.79 Å². The number of aromatic nitrogens is 3. The Labute approximate surface area is 145 Å². The molecule has 0 saturated heterocycles. The first-order chi connectivity index (χ1) is 12.2. The maximum Gasteiger partial charge on any atom is 0.254 e. The van der Waals surface area contributed by atoms with Gasteiger partial charge in [-0.3, -0.25) is 9.78 Å². The predicted octanol–water partition coefficient (Wildman–Crippen LogP) is 2.37. The zero-order chi connectivity index (χ0) is 17.5. The molecule has 7 heteroatoms. The van der Waals surface area contributed by atoms with Crippen molar-refractivity contribution in [3.8, 4) is 0 Å². The number of nitrogens with zero attached hydrogens (tertiary/aromatic N) is 3. The van der Waals surface area contributed by atoms with Gasteiger partial charge < -0.3 is 16.4 Å². The maximum atomic E-state index is 11.6. The summed E-state index contributed by atoms with van der Waals surface area (Å²) in [6.07, 6.45) is 3.92. The molecule has 0 unspecified atom stereocenters. The van der Waals surface area contributed by atoms with Crippen LogP contribution in [0.25, 0.3) is 0 Å². The van der Waals surface area contributed by atoms with E-state index in [1.807, 2.05) is 48.5 Å². The molecule has 0 fully saturated rings. The van der Waals surface area contributed by atoms with Gasteiger partial charge in [-0.15, -0.1) is 0 Å². The molecule has 3 rings (SSSR count). The van der Waals surface area contributed by atoms with E-state index in [0.29, 0.717) is 18.3 Å². The number of nitrogens with one attached hydrogen (secondary N) is 2. The normalized spacial score (nSPS) is 10.2. The molecule has 0 aliphatic rings. The van der Waals surface area contributed by atoms with Gasteiger partial charge in [0.05, 0.1) is 0 Å². The summed E-state index contributed by atoms with van der Waals surface area (Å²) in [4.78, 5) is 24.4. The van der Waals surface area contributed by atoms with Crippen molar-refractivity contribution in [1.29, 1.82) is 0 Å². The van der Waals surface area contributed by atoms with E-state index in [2.05, 4.69) is 25.6 Å². The minimum Gasteiger partial charge on any atom is -0.365 e. The maximum absolute atomic E-state index is 11.6. The highest BCUT2D eigenvalue weighted by Gasteiger charge is 2.12. The Morgan fingerprint density at radius 1 is 1.04 bits per heavy atom. The zero-order valence-corrected chi connectivity index (χ0v) is 13.5. The highest BCUT2D eigenvalue weighted by atomic mass is 16.1. The number of hydrogen-bond donors (Lipinski definition) is 3. The summed E-state index contributed by atoms with van der Waals surface area (Å²) in [5.74, 6) is 0.201. The molecule has 0 atom stereocenters. The average Bonchev–Trinajstić information content (AvgIpc) is 2.63. The Morgan fingerprint density at radius 3 is 2.56 bits per heavy atom. The van der Waals surface area contributed by atoms with Crippen molar-refractivity contribution in [2.45, 2.75) is 6.42 Å². The first kappa shape index (κ1) is 16.4. The van der Waals surface area contributed by atoms with Gasteiger partial charge in [-0.1, -0.05) is 24.3 Å². The lowest BCUT2D eigenvalue weighted by Crippen LogP contribution is -2.17. The van der Waals surface area contributed by atoms with Gasteiger partial charge in [0.2, 0.25) is 5.95 Å². The van der Waals surface area contributed by atoms with Gasteiger partial charge in [-0.25, -0.2) is 4.98 Å². The zero-order valence-electron chi connectivity index (χ0n) is 13.5. The summed E-state index contributed by atoms with van der Waals surface area (Å²) in [5, 5.41) is 6.23. The Bertz CT molecular complexity index is 839. The lowest BCUT2D eigenvalue weighted by Gasteiger charge is -2.11. The molecule has 25 heavy (non-hydrogen) atoms. The van der Waals surface area contributed by atoms with Crippen LogP contribution in [0.4, 0.5) is 17.5 Å². The minimum absolute atomic E-state index is 0.235. The van der Waals surface area contributed by atoms with Gasteiger partial charge in [0.25, 0.3) is 5.91 Å². The Hall–Kier alpha value is -3.48. The standard InChI is InChI=1S/C18H18N6O/c19-16(25)15-12-22-18(21-11-9-13-6-4-5-10-20-13)24-17(15)23-14-7-2-1-3-8-14/h1-8,10,12H,9,11H2,(H2,19,25)(H2,21,22,23,24). The first-order valence-electron chi connectivity index (χ1n) is 7.85. The van der Waals surface area contributed by atoms with Crippen LogP contribution < -0.4 is 16.4 Å². The highest BCUT2D eigenvalue weighted by Crippen LogP contribution is 2.19. The molecule has 7 nitrogen and oxygen atoms in total. The highest BCUT2D eigenvalue weighted by molar-refractivity contribution is 5.98. The monoisotopic (exact) mass is 334 g/mol. The van der Waals surface area contributed by atoms with E-state index in [1.54, 1.807) is 6.20 Å².